The molecule has 1 amide bonds. The van der Waals surface area contributed by atoms with Crippen molar-refractivity contribution in [2.24, 2.45) is 5.92 Å². The SMILES string of the molecule is Nc1ncc(-c2ccc(S(=O)(=O)CC3CC3)cc2)cc1-c1ccc2c(c1)CCNC2=O. The average molecular weight is 434 g/mol. The first kappa shape index (κ1) is 19.8. The van der Waals surface area contributed by atoms with Crippen molar-refractivity contribution in [2.75, 3.05) is 18.0 Å². The maximum Gasteiger partial charge on any atom is 0.251 e. The number of benzene rings is 2. The van der Waals surface area contributed by atoms with Gasteiger partial charge in [-0.25, -0.2) is 13.4 Å². The molecule has 7 heteroatoms. The quantitative estimate of drug-likeness (QED) is 0.641. The van der Waals surface area contributed by atoms with E-state index in [2.05, 4.69) is 10.3 Å². The van der Waals surface area contributed by atoms with Gasteiger partial charge in [0.15, 0.2) is 9.84 Å². The van der Waals surface area contributed by atoms with Crippen LogP contribution >= 0.6 is 0 Å². The summed E-state index contributed by atoms with van der Waals surface area (Å²) in [6.07, 6.45) is 4.48. The van der Waals surface area contributed by atoms with E-state index in [1.165, 1.54) is 0 Å². The largest absolute Gasteiger partial charge is 0.383 e. The molecule has 2 aliphatic rings. The summed E-state index contributed by atoms with van der Waals surface area (Å²) in [6, 6.07) is 14.6. The molecule has 2 heterocycles. The van der Waals surface area contributed by atoms with E-state index < -0.39 is 9.84 Å². The van der Waals surface area contributed by atoms with E-state index in [1.54, 1.807) is 18.3 Å². The lowest BCUT2D eigenvalue weighted by atomic mass is 9.94. The van der Waals surface area contributed by atoms with Crippen LogP contribution in [0.5, 0.6) is 0 Å². The Bertz CT molecular complexity index is 1280. The zero-order chi connectivity index (χ0) is 21.6. The fraction of sp³-hybridized carbons (Fsp3) is 0.250. The number of carbonyl (C=O) groups excluding carboxylic acids is 1. The Balaban J connectivity index is 1.47. The Hall–Kier alpha value is -3.19. The molecule has 6 nitrogen and oxygen atoms in total. The van der Waals surface area contributed by atoms with Crippen molar-refractivity contribution in [1.29, 1.82) is 0 Å². The zero-order valence-corrected chi connectivity index (χ0v) is 17.8. The molecule has 1 aliphatic carbocycles. The molecular weight excluding hydrogens is 410 g/mol. The van der Waals surface area contributed by atoms with Crippen LogP contribution in [-0.2, 0) is 16.3 Å². The van der Waals surface area contributed by atoms with Gasteiger partial charge in [0.25, 0.3) is 5.91 Å². The van der Waals surface area contributed by atoms with Gasteiger partial charge in [0, 0.05) is 29.4 Å². The normalized spacial score (nSPS) is 15.9. The minimum Gasteiger partial charge on any atom is -0.383 e. The number of nitrogens with two attached hydrogens (primary N) is 1. The van der Waals surface area contributed by atoms with Gasteiger partial charge in [-0.3, -0.25) is 4.79 Å². The Morgan fingerprint density at radius 2 is 1.71 bits per heavy atom. The molecule has 5 rings (SSSR count). The molecule has 158 valence electrons. The third-order valence-corrected chi connectivity index (χ3v) is 7.86. The van der Waals surface area contributed by atoms with Crippen molar-refractivity contribution in [3.05, 3.63) is 65.9 Å². The highest BCUT2D eigenvalue weighted by molar-refractivity contribution is 7.91. The van der Waals surface area contributed by atoms with Gasteiger partial charge >= 0.3 is 0 Å². The molecule has 31 heavy (non-hydrogen) atoms. The van der Waals surface area contributed by atoms with Crippen molar-refractivity contribution in [1.82, 2.24) is 10.3 Å². The van der Waals surface area contributed by atoms with Crippen LogP contribution in [0.1, 0.15) is 28.8 Å². The van der Waals surface area contributed by atoms with E-state index in [0.717, 1.165) is 47.1 Å². The average Bonchev–Trinajstić information content (AvgIpc) is 3.57. The summed E-state index contributed by atoms with van der Waals surface area (Å²) in [7, 11) is -3.24. The van der Waals surface area contributed by atoms with Crippen LogP contribution in [0.4, 0.5) is 5.82 Å². The minimum atomic E-state index is -3.24. The summed E-state index contributed by atoms with van der Waals surface area (Å²) in [5.74, 6) is 0.907. The topological polar surface area (TPSA) is 102 Å². The molecule has 3 aromatic rings. The van der Waals surface area contributed by atoms with Gasteiger partial charge in [-0.2, -0.15) is 0 Å². The van der Waals surface area contributed by atoms with Crippen LogP contribution in [0, 0.1) is 5.92 Å². The fourth-order valence-electron chi connectivity index (χ4n) is 4.01. The van der Waals surface area contributed by atoms with Crippen LogP contribution in [0.3, 0.4) is 0 Å². The fourth-order valence-corrected chi connectivity index (χ4v) is 5.70. The first-order chi connectivity index (χ1) is 14.9. The van der Waals surface area contributed by atoms with Crippen LogP contribution in [0.25, 0.3) is 22.3 Å². The van der Waals surface area contributed by atoms with Gasteiger partial charge in [0.1, 0.15) is 5.82 Å². The molecule has 0 saturated heterocycles. The van der Waals surface area contributed by atoms with E-state index in [4.69, 9.17) is 5.73 Å². The second kappa shape index (κ2) is 7.50. The summed E-state index contributed by atoms with van der Waals surface area (Å²) in [6.45, 7) is 0.624. The molecule has 3 N–H and O–H groups in total. The Kier molecular flexibility index (Phi) is 4.78. The number of fused-ring (bicyclic) bond motifs is 1. The summed E-state index contributed by atoms with van der Waals surface area (Å²) in [5.41, 5.74) is 11.3. The van der Waals surface area contributed by atoms with Gasteiger partial charge in [-0.05, 0) is 66.1 Å². The van der Waals surface area contributed by atoms with Crippen LogP contribution in [0.2, 0.25) is 0 Å². The maximum atomic E-state index is 12.5. The smallest absolute Gasteiger partial charge is 0.251 e. The number of sulfone groups is 1. The lowest BCUT2D eigenvalue weighted by Gasteiger charge is -2.18. The number of anilines is 1. The molecule has 0 bridgehead atoms. The molecule has 0 radical (unpaired) electrons. The van der Waals surface area contributed by atoms with Gasteiger partial charge in [0.2, 0.25) is 0 Å². The Morgan fingerprint density at radius 1 is 0.968 bits per heavy atom. The number of rotatable bonds is 5. The van der Waals surface area contributed by atoms with E-state index in [1.807, 2.05) is 36.4 Å². The predicted octanol–water partition coefficient (Wildman–Crippen LogP) is 3.47. The minimum absolute atomic E-state index is 0.0515. The monoisotopic (exact) mass is 433 g/mol. The van der Waals surface area contributed by atoms with Crippen LogP contribution < -0.4 is 11.1 Å². The van der Waals surface area contributed by atoms with Crippen molar-refractivity contribution < 1.29 is 13.2 Å². The van der Waals surface area contributed by atoms with Gasteiger partial charge in [-0.1, -0.05) is 24.3 Å². The van der Waals surface area contributed by atoms with Crippen molar-refractivity contribution in [2.45, 2.75) is 24.2 Å². The molecule has 1 aliphatic heterocycles. The molecule has 2 aromatic carbocycles. The Labute approximate surface area is 181 Å². The molecule has 1 saturated carbocycles. The first-order valence-electron chi connectivity index (χ1n) is 10.4. The van der Waals surface area contributed by atoms with Crippen LogP contribution in [0.15, 0.2) is 59.6 Å². The summed E-state index contributed by atoms with van der Waals surface area (Å²) < 4.78 is 25.0. The summed E-state index contributed by atoms with van der Waals surface area (Å²) in [4.78, 5) is 16.7. The molecule has 1 fully saturated rings. The molecule has 0 unspecified atom stereocenters. The second-order valence-electron chi connectivity index (χ2n) is 8.28. The number of nitrogen functional groups attached to an aromatic ring is 1. The van der Waals surface area contributed by atoms with Gasteiger partial charge in [0.05, 0.1) is 10.6 Å². The third kappa shape index (κ3) is 3.93. The first-order valence-corrected chi connectivity index (χ1v) is 12.1. The molecule has 0 spiro atoms. The van der Waals surface area contributed by atoms with Crippen LogP contribution in [-0.4, -0.2) is 31.6 Å². The number of hydrogen-bond donors (Lipinski definition) is 2. The Morgan fingerprint density at radius 3 is 2.45 bits per heavy atom. The number of amides is 1. The number of carbonyl (C=O) groups is 1. The molecular formula is C24H23N3O3S. The van der Waals surface area contributed by atoms with Gasteiger partial charge in [-0.15, -0.1) is 0 Å². The molecule has 0 atom stereocenters. The van der Waals surface area contributed by atoms with Crippen molar-refractivity contribution in [3.63, 3.8) is 0 Å². The highest BCUT2D eigenvalue weighted by Gasteiger charge is 2.29. The number of nitrogens with one attached hydrogen (secondary N) is 1. The summed E-state index contributed by atoms with van der Waals surface area (Å²) >= 11 is 0. The lowest BCUT2D eigenvalue weighted by molar-refractivity contribution is 0.0946. The van der Waals surface area contributed by atoms with E-state index in [9.17, 15) is 13.2 Å². The highest BCUT2D eigenvalue weighted by Crippen LogP contribution is 2.34. The number of nitrogens with zero attached hydrogens (tertiary/aromatic N) is 1. The molecule has 1 aromatic heterocycles. The number of hydrogen-bond acceptors (Lipinski definition) is 5. The highest BCUT2D eigenvalue weighted by atomic mass is 32.2. The van der Waals surface area contributed by atoms with E-state index in [-0.39, 0.29) is 11.7 Å². The summed E-state index contributed by atoms with van der Waals surface area (Å²) in [5, 5.41) is 2.85. The third-order valence-electron chi connectivity index (χ3n) is 5.96. The number of aromatic nitrogens is 1. The van der Waals surface area contributed by atoms with Gasteiger partial charge < -0.3 is 11.1 Å². The predicted molar refractivity (Wildman–Crippen MR) is 120 cm³/mol. The van der Waals surface area contributed by atoms with E-state index >= 15 is 0 Å². The zero-order valence-electron chi connectivity index (χ0n) is 17.0. The second-order valence-corrected chi connectivity index (χ2v) is 10.3. The van der Waals surface area contributed by atoms with E-state index in [0.29, 0.717) is 28.7 Å². The maximum absolute atomic E-state index is 12.5. The van der Waals surface area contributed by atoms with Crippen molar-refractivity contribution >= 4 is 21.6 Å². The van der Waals surface area contributed by atoms with Crippen molar-refractivity contribution in [3.8, 4) is 22.3 Å². The lowest BCUT2D eigenvalue weighted by Crippen LogP contribution is -2.31. The number of pyridine rings is 1. The standard InChI is InChI=1S/C24H23N3O3S/c25-23-22(17-5-8-21-18(11-17)9-10-26-24(21)28)12-19(13-27-23)16-3-6-20(7-4-16)31(29,30)14-15-1-2-15/h3-8,11-13,15H,1-2,9-10,14H2,(H2,25,27)(H,26,28).